The molecule has 2 nitrogen and oxygen atoms in total. The Labute approximate surface area is 100 Å². The summed E-state index contributed by atoms with van der Waals surface area (Å²) in [6, 6.07) is 0. The van der Waals surface area contributed by atoms with Crippen molar-refractivity contribution in [3.8, 4) is 0 Å². The number of hydrogen-bond donors (Lipinski definition) is 0. The van der Waals surface area contributed by atoms with E-state index in [-0.39, 0.29) is 5.41 Å². The van der Waals surface area contributed by atoms with Crippen LogP contribution in [0.5, 0.6) is 0 Å². The Morgan fingerprint density at radius 2 is 1.88 bits per heavy atom. The van der Waals surface area contributed by atoms with Crippen molar-refractivity contribution in [2.45, 2.75) is 52.4 Å². The molecule has 1 aliphatic carbocycles. The second-order valence-corrected chi connectivity index (χ2v) is 5.96. The van der Waals surface area contributed by atoms with E-state index in [1.165, 1.54) is 32.0 Å². The first-order chi connectivity index (χ1) is 7.58. The summed E-state index contributed by atoms with van der Waals surface area (Å²) in [6.07, 6.45) is 8.44. The highest BCUT2D eigenvalue weighted by Gasteiger charge is 2.32. The van der Waals surface area contributed by atoms with Gasteiger partial charge in [0.1, 0.15) is 6.29 Å². The lowest BCUT2D eigenvalue weighted by Crippen LogP contribution is -2.39. The largest absolute Gasteiger partial charge is 0.305 e. The SMILES string of the molecule is CC(C)CCN(C)CC1(C=O)CCCCC1. The second-order valence-electron chi connectivity index (χ2n) is 5.96. The number of hydrogen-bond acceptors (Lipinski definition) is 2. The lowest BCUT2D eigenvalue weighted by atomic mass is 9.75. The van der Waals surface area contributed by atoms with Crippen molar-refractivity contribution in [3.05, 3.63) is 0 Å². The van der Waals surface area contributed by atoms with Gasteiger partial charge in [0.25, 0.3) is 0 Å². The fourth-order valence-corrected chi connectivity index (χ4v) is 2.66. The van der Waals surface area contributed by atoms with Crippen LogP contribution in [0.2, 0.25) is 0 Å². The van der Waals surface area contributed by atoms with Gasteiger partial charge in [-0.25, -0.2) is 0 Å². The monoisotopic (exact) mass is 225 g/mol. The Morgan fingerprint density at radius 3 is 2.38 bits per heavy atom. The standard InChI is InChI=1S/C14H27NO/c1-13(2)7-10-15(3)11-14(12-16)8-5-4-6-9-14/h12-13H,4-11H2,1-3H3. The minimum atomic E-state index is -0.0238. The first-order valence-corrected chi connectivity index (χ1v) is 6.73. The molecule has 1 aliphatic rings. The minimum absolute atomic E-state index is 0.0238. The van der Waals surface area contributed by atoms with Crippen molar-refractivity contribution < 1.29 is 4.79 Å². The molecule has 16 heavy (non-hydrogen) atoms. The molecule has 1 fully saturated rings. The number of nitrogens with zero attached hydrogens (tertiary/aromatic N) is 1. The Morgan fingerprint density at radius 1 is 1.25 bits per heavy atom. The molecule has 0 bridgehead atoms. The molecule has 0 aromatic carbocycles. The van der Waals surface area contributed by atoms with Gasteiger partial charge in [-0.15, -0.1) is 0 Å². The van der Waals surface area contributed by atoms with Gasteiger partial charge in [-0.05, 0) is 38.8 Å². The van der Waals surface area contributed by atoms with Crippen molar-refractivity contribution in [2.24, 2.45) is 11.3 Å². The van der Waals surface area contributed by atoms with Crippen molar-refractivity contribution in [3.63, 3.8) is 0 Å². The normalized spacial score (nSPS) is 20.3. The summed E-state index contributed by atoms with van der Waals surface area (Å²) in [5.74, 6) is 0.751. The second kappa shape index (κ2) is 6.39. The zero-order valence-corrected chi connectivity index (χ0v) is 11.2. The zero-order valence-electron chi connectivity index (χ0n) is 11.2. The van der Waals surface area contributed by atoms with E-state index in [4.69, 9.17) is 0 Å². The average Bonchev–Trinajstić information content (AvgIpc) is 2.28. The summed E-state index contributed by atoms with van der Waals surface area (Å²) in [4.78, 5) is 13.7. The molecule has 0 radical (unpaired) electrons. The molecule has 1 rings (SSSR count). The van der Waals surface area contributed by atoms with Gasteiger partial charge in [0, 0.05) is 12.0 Å². The summed E-state index contributed by atoms with van der Waals surface area (Å²) >= 11 is 0. The first-order valence-electron chi connectivity index (χ1n) is 6.73. The van der Waals surface area contributed by atoms with Gasteiger partial charge in [0.2, 0.25) is 0 Å². The Kier molecular flexibility index (Phi) is 5.47. The van der Waals surface area contributed by atoms with Gasteiger partial charge >= 0.3 is 0 Å². The summed E-state index contributed by atoms with van der Waals surface area (Å²) < 4.78 is 0. The molecule has 0 aliphatic heterocycles. The predicted octanol–water partition coefficient (Wildman–Crippen LogP) is 3.11. The maximum absolute atomic E-state index is 11.3. The van der Waals surface area contributed by atoms with Gasteiger partial charge in [-0.1, -0.05) is 33.1 Å². The van der Waals surface area contributed by atoms with Crippen LogP contribution in [-0.2, 0) is 4.79 Å². The van der Waals surface area contributed by atoms with Gasteiger partial charge in [-0.2, -0.15) is 0 Å². The van der Waals surface area contributed by atoms with Crippen LogP contribution in [0, 0.1) is 11.3 Å². The fourth-order valence-electron chi connectivity index (χ4n) is 2.66. The average molecular weight is 225 g/mol. The summed E-state index contributed by atoms with van der Waals surface area (Å²) in [7, 11) is 2.15. The van der Waals surface area contributed by atoms with E-state index in [0.29, 0.717) is 0 Å². The van der Waals surface area contributed by atoms with E-state index in [1.807, 2.05) is 0 Å². The molecule has 0 spiro atoms. The highest BCUT2D eigenvalue weighted by Crippen LogP contribution is 2.34. The third-order valence-electron chi connectivity index (χ3n) is 3.77. The molecule has 0 amide bonds. The van der Waals surface area contributed by atoms with E-state index in [9.17, 15) is 4.79 Å². The molecule has 0 aromatic rings. The highest BCUT2D eigenvalue weighted by molar-refractivity contribution is 5.60. The smallest absolute Gasteiger partial charge is 0.127 e. The molecule has 0 atom stereocenters. The van der Waals surface area contributed by atoms with Crippen molar-refractivity contribution in [1.82, 2.24) is 4.90 Å². The lowest BCUT2D eigenvalue weighted by molar-refractivity contribution is -0.118. The van der Waals surface area contributed by atoms with Gasteiger partial charge in [-0.3, -0.25) is 0 Å². The van der Waals surface area contributed by atoms with Crippen LogP contribution in [0.3, 0.4) is 0 Å². The van der Waals surface area contributed by atoms with Crippen LogP contribution in [0.25, 0.3) is 0 Å². The number of carbonyl (C=O) groups is 1. The quantitative estimate of drug-likeness (QED) is 0.647. The summed E-state index contributed by atoms with van der Waals surface area (Å²) in [5.41, 5.74) is -0.0238. The van der Waals surface area contributed by atoms with E-state index < -0.39 is 0 Å². The van der Waals surface area contributed by atoms with Gasteiger partial charge in [0.05, 0.1) is 0 Å². The van der Waals surface area contributed by atoms with Gasteiger partial charge < -0.3 is 9.69 Å². The molecule has 0 aromatic heterocycles. The maximum atomic E-state index is 11.3. The van der Waals surface area contributed by atoms with Crippen molar-refractivity contribution in [2.75, 3.05) is 20.1 Å². The Bertz CT molecular complexity index is 207. The van der Waals surface area contributed by atoms with Crippen LogP contribution in [0.1, 0.15) is 52.4 Å². The minimum Gasteiger partial charge on any atom is -0.305 e. The van der Waals surface area contributed by atoms with E-state index >= 15 is 0 Å². The molecule has 0 N–H and O–H groups in total. The highest BCUT2D eigenvalue weighted by atomic mass is 16.1. The molecule has 2 heteroatoms. The molecule has 1 saturated carbocycles. The van der Waals surface area contributed by atoms with Crippen LogP contribution >= 0.6 is 0 Å². The predicted molar refractivity (Wildman–Crippen MR) is 68.5 cm³/mol. The lowest BCUT2D eigenvalue weighted by Gasteiger charge is -2.35. The number of aldehydes is 1. The van der Waals surface area contributed by atoms with Crippen LogP contribution < -0.4 is 0 Å². The van der Waals surface area contributed by atoms with E-state index in [1.54, 1.807) is 0 Å². The topological polar surface area (TPSA) is 20.3 Å². The molecule has 94 valence electrons. The number of rotatable bonds is 6. The number of carbonyl (C=O) groups excluding carboxylic acids is 1. The molecule has 0 heterocycles. The third kappa shape index (κ3) is 4.25. The summed E-state index contributed by atoms with van der Waals surface area (Å²) in [5, 5.41) is 0. The zero-order chi connectivity index (χ0) is 12.0. The first kappa shape index (κ1) is 13.7. The van der Waals surface area contributed by atoms with Crippen molar-refractivity contribution >= 4 is 6.29 Å². The van der Waals surface area contributed by atoms with Gasteiger partial charge in [0.15, 0.2) is 0 Å². The van der Waals surface area contributed by atoms with Crippen LogP contribution in [0.4, 0.5) is 0 Å². The molecular formula is C14H27NO. The van der Waals surface area contributed by atoms with Crippen molar-refractivity contribution in [1.29, 1.82) is 0 Å². The van der Waals surface area contributed by atoms with Crippen LogP contribution in [0.15, 0.2) is 0 Å². The molecule has 0 unspecified atom stereocenters. The third-order valence-corrected chi connectivity index (χ3v) is 3.77. The Balaban J connectivity index is 2.39. The maximum Gasteiger partial charge on any atom is 0.127 e. The Hall–Kier alpha value is -0.370. The fraction of sp³-hybridized carbons (Fsp3) is 0.929. The molecular weight excluding hydrogens is 198 g/mol. The van der Waals surface area contributed by atoms with E-state index in [0.717, 1.165) is 31.8 Å². The summed E-state index contributed by atoms with van der Waals surface area (Å²) in [6.45, 7) is 6.59. The molecule has 0 saturated heterocycles. The van der Waals surface area contributed by atoms with Crippen LogP contribution in [-0.4, -0.2) is 31.3 Å². The van der Waals surface area contributed by atoms with E-state index in [2.05, 4.69) is 25.8 Å².